The second-order valence-corrected chi connectivity index (χ2v) is 2.90. The normalized spacial score (nSPS) is 12.5. The van der Waals surface area contributed by atoms with E-state index in [0.29, 0.717) is 17.1 Å². The molecule has 1 rings (SSSR count). The molecule has 72 valence electrons. The van der Waals surface area contributed by atoms with Gasteiger partial charge in [0.25, 0.3) is 0 Å². The molecule has 1 aromatic rings. The number of anilines is 1. The van der Waals surface area contributed by atoms with Gasteiger partial charge in [-0.1, -0.05) is 5.16 Å². The third-order valence-corrected chi connectivity index (χ3v) is 1.76. The maximum atomic E-state index is 10.5. The van der Waals surface area contributed by atoms with Gasteiger partial charge in [0.05, 0.1) is 0 Å². The predicted octanol–water partition coefficient (Wildman–Crippen LogP) is 1.18. The molecule has 1 aromatic heterocycles. The number of aromatic nitrogens is 1. The Bertz CT molecular complexity index is 300. The zero-order chi connectivity index (χ0) is 10.0. The maximum absolute atomic E-state index is 10.5. The Morgan fingerprint density at radius 3 is 2.62 bits per heavy atom. The third-order valence-electron chi connectivity index (χ3n) is 1.76. The summed E-state index contributed by atoms with van der Waals surface area (Å²) in [5.41, 5.74) is 1.33. The maximum Gasteiger partial charge on any atom is 0.325 e. The lowest BCUT2D eigenvalue weighted by atomic mass is 10.2. The minimum absolute atomic E-state index is 0.602. The highest BCUT2D eigenvalue weighted by Gasteiger charge is 2.15. The van der Waals surface area contributed by atoms with E-state index >= 15 is 0 Å². The molecule has 0 amide bonds. The SMILES string of the molecule is Cc1noc(C)c1N[C@@H](C)C(=O)O. The molecule has 0 aromatic carbocycles. The fourth-order valence-electron chi connectivity index (χ4n) is 0.967. The van der Waals surface area contributed by atoms with Crippen LogP contribution in [0.2, 0.25) is 0 Å². The minimum Gasteiger partial charge on any atom is -0.480 e. The summed E-state index contributed by atoms with van der Waals surface area (Å²) in [6.07, 6.45) is 0. The number of nitrogens with one attached hydrogen (secondary N) is 1. The molecule has 1 atom stereocenters. The van der Waals surface area contributed by atoms with Gasteiger partial charge in [0.15, 0.2) is 5.76 Å². The van der Waals surface area contributed by atoms with Gasteiger partial charge >= 0.3 is 5.97 Å². The van der Waals surface area contributed by atoms with Crippen molar-refractivity contribution in [3.63, 3.8) is 0 Å². The number of nitrogens with zero attached hydrogens (tertiary/aromatic N) is 1. The number of aliphatic carboxylic acids is 1. The van der Waals surface area contributed by atoms with Crippen LogP contribution in [0, 0.1) is 13.8 Å². The van der Waals surface area contributed by atoms with E-state index < -0.39 is 12.0 Å². The summed E-state index contributed by atoms with van der Waals surface area (Å²) in [4.78, 5) is 10.5. The smallest absolute Gasteiger partial charge is 0.325 e. The molecule has 0 aliphatic heterocycles. The standard InChI is InChI=1S/C8H12N2O3/c1-4-7(6(3)13-10-4)9-5(2)8(11)12/h5,9H,1-3H3,(H,11,12)/t5-/m0/s1. The molecule has 1 heterocycles. The lowest BCUT2D eigenvalue weighted by molar-refractivity contribution is -0.137. The van der Waals surface area contributed by atoms with Crippen LogP contribution in [0.3, 0.4) is 0 Å². The molecule has 0 saturated heterocycles. The molecule has 0 saturated carbocycles. The topological polar surface area (TPSA) is 75.4 Å². The molecular formula is C8H12N2O3. The highest BCUT2D eigenvalue weighted by Crippen LogP contribution is 2.19. The van der Waals surface area contributed by atoms with Crippen molar-refractivity contribution in [2.45, 2.75) is 26.8 Å². The highest BCUT2D eigenvalue weighted by atomic mass is 16.5. The van der Waals surface area contributed by atoms with E-state index in [4.69, 9.17) is 9.63 Å². The Kier molecular flexibility index (Phi) is 2.55. The zero-order valence-electron chi connectivity index (χ0n) is 7.79. The van der Waals surface area contributed by atoms with Gasteiger partial charge in [0.1, 0.15) is 17.4 Å². The number of aryl methyl sites for hydroxylation is 2. The average molecular weight is 184 g/mol. The van der Waals surface area contributed by atoms with Crippen molar-refractivity contribution in [2.75, 3.05) is 5.32 Å². The first-order chi connectivity index (χ1) is 6.02. The number of carbonyl (C=O) groups is 1. The van der Waals surface area contributed by atoms with Crippen LogP contribution in [0.15, 0.2) is 4.52 Å². The molecule has 0 aliphatic rings. The summed E-state index contributed by atoms with van der Waals surface area (Å²) in [6.45, 7) is 5.05. The molecule has 0 spiro atoms. The second kappa shape index (κ2) is 3.47. The summed E-state index contributed by atoms with van der Waals surface area (Å²) < 4.78 is 4.87. The van der Waals surface area contributed by atoms with Crippen molar-refractivity contribution in [3.05, 3.63) is 11.5 Å². The third kappa shape index (κ3) is 1.99. The van der Waals surface area contributed by atoms with E-state index in [0.717, 1.165) is 0 Å². The zero-order valence-corrected chi connectivity index (χ0v) is 7.79. The minimum atomic E-state index is -0.903. The first-order valence-corrected chi connectivity index (χ1v) is 3.94. The van der Waals surface area contributed by atoms with Crippen LogP contribution < -0.4 is 5.32 Å². The predicted molar refractivity (Wildman–Crippen MR) is 46.7 cm³/mol. The highest BCUT2D eigenvalue weighted by molar-refractivity contribution is 5.77. The summed E-state index contributed by atoms with van der Waals surface area (Å²) in [7, 11) is 0. The van der Waals surface area contributed by atoms with E-state index in [1.165, 1.54) is 0 Å². The Labute approximate surface area is 75.7 Å². The van der Waals surface area contributed by atoms with Crippen LogP contribution in [-0.4, -0.2) is 22.3 Å². The second-order valence-electron chi connectivity index (χ2n) is 2.90. The summed E-state index contributed by atoms with van der Waals surface area (Å²) >= 11 is 0. The Morgan fingerprint density at radius 1 is 1.62 bits per heavy atom. The van der Waals surface area contributed by atoms with E-state index in [9.17, 15) is 4.79 Å². The number of hydrogen-bond donors (Lipinski definition) is 2. The Morgan fingerprint density at radius 2 is 2.23 bits per heavy atom. The van der Waals surface area contributed by atoms with Crippen LogP contribution in [-0.2, 0) is 4.79 Å². The van der Waals surface area contributed by atoms with Crippen LogP contribution in [0.1, 0.15) is 18.4 Å². The molecule has 0 fully saturated rings. The molecule has 13 heavy (non-hydrogen) atoms. The molecule has 2 N–H and O–H groups in total. The van der Waals surface area contributed by atoms with Crippen molar-refractivity contribution >= 4 is 11.7 Å². The van der Waals surface area contributed by atoms with Gasteiger partial charge in [-0.2, -0.15) is 0 Å². The Balaban J connectivity index is 2.79. The van der Waals surface area contributed by atoms with Crippen molar-refractivity contribution in [1.82, 2.24) is 5.16 Å². The van der Waals surface area contributed by atoms with Crippen LogP contribution >= 0.6 is 0 Å². The summed E-state index contributed by atoms with van der Waals surface area (Å²) in [6, 6.07) is -0.642. The largest absolute Gasteiger partial charge is 0.480 e. The van der Waals surface area contributed by atoms with Gasteiger partial charge < -0.3 is 14.9 Å². The van der Waals surface area contributed by atoms with E-state index in [1.54, 1.807) is 20.8 Å². The fraction of sp³-hybridized carbons (Fsp3) is 0.500. The van der Waals surface area contributed by atoms with Crippen molar-refractivity contribution in [3.8, 4) is 0 Å². The van der Waals surface area contributed by atoms with E-state index in [-0.39, 0.29) is 0 Å². The molecule has 0 aliphatic carbocycles. The van der Waals surface area contributed by atoms with Crippen molar-refractivity contribution in [2.24, 2.45) is 0 Å². The number of hydrogen-bond acceptors (Lipinski definition) is 4. The Hall–Kier alpha value is -1.52. The number of carboxylic acid groups (broad SMARTS) is 1. The van der Waals surface area contributed by atoms with Gasteiger partial charge in [0, 0.05) is 0 Å². The molecule has 5 heteroatoms. The van der Waals surface area contributed by atoms with Gasteiger partial charge in [-0.15, -0.1) is 0 Å². The number of carboxylic acids is 1. The quantitative estimate of drug-likeness (QED) is 0.737. The first kappa shape index (κ1) is 9.57. The summed E-state index contributed by atoms with van der Waals surface area (Å²) in [5, 5.41) is 15.1. The van der Waals surface area contributed by atoms with E-state index in [1.807, 2.05) is 0 Å². The van der Waals surface area contributed by atoms with Crippen molar-refractivity contribution in [1.29, 1.82) is 0 Å². The lowest BCUT2D eigenvalue weighted by Gasteiger charge is -2.08. The molecule has 0 bridgehead atoms. The fourth-order valence-corrected chi connectivity index (χ4v) is 0.967. The first-order valence-electron chi connectivity index (χ1n) is 3.94. The molecule has 5 nitrogen and oxygen atoms in total. The van der Waals surface area contributed by atoms with Crippen LogP contribution in [0.4, 0.5) is 5.69 Å². The average Bonchev–Trinajstić information content (AvgIpc) is 2.35. The van der Waals surface area contributed by atoms with Crippen molar-refractivity contribution < 1.29 is 14.4 Å². The summed E-state index contributed by atoms with van der Waals surface area (Å²) in [5.74, 6) is -0.300. The lowest BCUT2D eigenvalue weighted by Crippen LogP contribution is -2.25. The molecular weight excluding hydrogens is 172 g/mol. The number of rotatable bonds is 3. The van der Waals surface area contributed by atoms with Gasteiger partial charge in [-0.3, -0.25) is 4.79 Å². The molecule has 0 unspecified atom stereocenters. The van der Waals surface area contributed by atoms with Gasteiger partial charge in [-0.25, -0.2) is 0 Å². The van der Waals surface area contributed by atoms with Crippen LogP contribution in [0.5, 0.6) is 0 Å². The van der Waals surface area contributed by atoms with Gasteiger partial charge in [-0.05, 0) is 20.8 Å². The van der Waals surface area contributed by atoms with Gasteiger partial charge in [0.2, 0.25) is 0 Å². The van der Waals surface area contributed by atoms with E-state index in [2.05, 4.69) is 10.5 Å². The van der Waals surface area contributed by atoms with Crippen LogP contribution in [0.25, 0.3) is 0 Å². The monoisotopic (exact) mass is 184 g/mol. The molecule has 0 radical (unpaired) electrons.